The number of nitrogens with zero attached hydrogens (tertiary/aromatic N) is 1. The van der Waals surface area contributed by atoms with Gasteiger partial charge in [-0.1, -0.05) is 20.8 Å². The maximum absolute atomic E-state index is 12.5. The zero-order valence-corrected chi connectivity index (χ0v) is 27.3. The van der Waals surface area contributed by atoms with Crippen LogP contribution in [0, 0.1) is 25.7 Å². The summed E-state index contributed by atoms with van der Waals surface area (Å²) in [6.07, 6.45) is 2.64. The van der Waals surface area contributed by atoms with Crippen LogP contribution in [0.15, 0.2) is 16.1 Å². The first kappa shape index (κ1) is 33.3. The van der Waals surface area contributed by atoms with Crippen molar-refractivity contribution in [1.29, 1.82) is 0 Å². The number of carbonyl (C=O) groups is 4. The number of aliphatic carboxylic acids is 2. The van der Waals surface area contributed by atoms with E-state index in [4.69, 9.17) is 0 Å². The first-order valence-electron chi connectivity index (χ1n) is 15.4. The topological polar surface area (TPSA) is 165 Å². The van der Waals surface area contributed by atoms with Crippen LogP contribution in [0.3, 0.4) is 0 Å². The average Bonchev–Trinajstić information content (AvgIpc) is 3.59. The molecule has 2 aromatic rings. The number of hydrogen-bond acceptors (Lipinski definition) is 5. The second-order valence-electron chi connectivity index (χ2n) is 12.3. The highest BCUT2D eigenvalue weighted by atomic mass is 32.1. The fourth-order valence-corrected chi connectivity index (χ4v) is 7.44. The van der Waals surface area contributed by atoms with E-state index in [9.17, 15) is 29.4 Å². The van der Waals surface area contributed by atoms with Crippen molar-refractivity contribution in [2.75, 3.05) is 0 Å². The van der Waals surface area contributed by atoms with Gasteiger partial charge < -0.3 is 25.5 Å². The molecule has 2 aliphatic heterocycles. The Bertz CT molecular complexity index is 1550. The fourth-order valence-electron chi connectivity index (χ4n) is 6.98. The average molecular weight is 625 g/mol. The molecule has 0 bridgehead atoms. The van der Waals surface area contributed by atoms with E-state index in [0.29, 0.717) is 44.2 Å². The minimum absolute atomic E-state index is 0.0126. The Morgan fingerprint density at radius 2 is 1.45 bits per heavy atom. The van der Waals surface area contributed by atoms with E-state index >= 15 is 0 Å². The fraction of sp³-hybridized carbons (Fsp3) is 0.545. The Balaban J connectivity index is 1.71. The van der Waals surface area contributed by atoms with Crippen molar-refractivity contribution in [1.82, 2.24) is 15.3 Å². The van der Waals surface area contributed by atoms with Gasteiger partial charge in [-0.25, -0.2) is 4.99 Å². The number of carboxylic acids is 2. The highest BCUT2D eigenvalue weighted by Gasteiger charge is 2.41. The number of carboxylic acid groups (broad SMARTS) is 2. The molecule has 5 N–H and O–H groups in total. The van der Waals surface area contributed by atoms with Gasteiger partial charge in [0.15, 0.2) is 0 Å². The van der Waals surface area contributed by atoms with Crippen molar-refractivity contribution < 1.29 is 29.4 Å². The third-order valence-corrected chi connectivity index (χ3v) is 9.86. The third-order valence-electron chi connectivity index (χ3n) is 9.52. The molecule has 4 heterocycles. The van der Waals surface area contributed by atoms with Crippen molar-refractivity contribution >= 4 is 42.1 Å². The highest BCUT2D eigenvalue weighted by molar-refractivity contribution is 7.80. The molecule has 0 saturated carbocycles. The number of allylic oxidation sites excluding steroid dienone is 1. The molecule has 44 heavy (non-hydrogen) atoms. The number of carbonyl (C=O) groups excluding carboxylic acids is 2. The zero-order valence-electron chi connectivity index (χ0n) is 26.4. The molecule has 2 amide bonds. The molecule has 0 aliphatic carbocycles. The Morgan fingerprint density at radius 3 is 1.95 bits per heavy atom. The van der Waals surface area contributed by atoms with Gasteiger partial charge in [0.2, 0.25) is 5.91 Å². The van der Waals surface area contributed by atoms with Crippen molar-refractivity contribution in [3.8, 4) is 0 Å². The number of aromatic amines is 2. The summed E-state index contributed by atoms with van der Waals surface area (Å²) in [7, 11) is 0. The van der Waals surface area contributed by atoms with E-state index in [0.717, 1.165) is 56.2 Å². The van der Waals surface area contributed by atoms with Crippen LogP contribution < -0.4 is 5.32 Å². The lowest BCUT2D eigenvalue weighted by atomic mass is 9.86. The van der Waals surface area contributed by atoms with Crippen LogP contribution in [0.4, 0.5) is 0 Å². The predicted octanol–water partition coefficient (Wildman–Crippen LogP) is 4.45. The molecule has 1 fully saturated rings. The molecule has 238 valence electrons. The Labute approximate surface area is 263 Å². The number of thiol groups is 1. The first-order valence-corrected chi connectivity index (χ1v) is 15.9. The van der Waals surface area contributed by atoms with Crippen LogP contribution in [0.5, 0.6) is 0 Å². The van der Waals surface area contributed by atoms with Gasteiger partial charge in [-0.3, -0.25) is 19.2 Å². The molecule has 11 heteroatoms. The molecule has 0 unspecified atom stereocenters. The second kappa shape index (κ2) is 13.6. The second-order valence-corrected chi connectivity index (χ2v) is 13.1. The minimum Gasteiger partial charge on any atom is -0.481 e. The van der Waals surface area contributed by atoms with Crippen LogP contribution >= 0.6 is 12.6 Å². The summed E-state index contributed by atoms with van der Waals surface area (Å²) >= 11 is 4.67. The number of H-pyrrole nitrogens is 2. The molecule has 1 saturated heterocycles. The lowest BCUT2D eigenvalue weighted by molar-refractivity contribution is -0.138. The summed E-state index contributed by atoms with van der Waals surface area (Å²) in [4.78, 5) is 59.5. The van der Waals surface area contributed by atoms with Crippen LogP contribution in [0.25, 0.3) is 0 Å². The van der Waals surface area contributed by atoms with E-state index in [1.165, 1.54) is 0 Å². The van der Waals surface area contributed by atoms with Crippen LogP contribution in [0.1, 0.15) is 92.0 Å². The molecule has 10 nitrogen and oxygen atoms in total. The Hall–Kier alpha value is -3.60. The SMILES string of the molecule is CCC1=C(C)C(Cc2[nH]c(Cc3[nH]c(C[C@H]4NC(=O)[C@H](C)[C@H]4[C@@H](C)S)c(C)c3CCC(=O)O)c(CCC(=O)O)c2C)=NC1=O. The number of hydrogen-bond donors (Lipinski definition) is 6. The quantitative estimate of drug-likeness (QED) is 0.170. The standard InChI is InChI=1S/C33H44N4O6S/c1-7-20-15(2)25(36-33(20)43)12-23-16(3)21(8-10-29(38)39)26(34-23)14-27-22(9-11-30(40)41)17(4)24(35-27)13-28-31(19(6)44)18(5)32(42)37-28/h18-19,28,31,34-35,44H,7-14H2,1-6H3,(H,37,42)(H,38,39)(H,40,41)/t18-,19-,28-,31+/m1/s1. The molecule has 0 aromatic carbocycles. The maximum Gasteiger partial charge on any atom is 0.303 e. The minimum atomic E-state index is -0.892. The largest absolute Gasteiger partial charge is 0.481 e. The number of aromatic nitrogens is 2. The molecule has 4 rings (SSSR count). The summed E-state index contributed by atoms with van der Waals surface area (Å²) in [5.41, 5.74) is 9.62. The number of nitrogens with one attached hydrogen (secondary N) is 3. The number of amides is 2. The molecular formula is C33H44N4O6S. The summed E-state index contributed by atoms with van der Waals surface area (Å²) in [5.74, 6) is -2.07. The van der Waals surface area contributed by atoms with E-state index in [1.54, 1.807) is 0 Å². The Kier molecular flexibility index (Phi) is 10.3. The van der Waals surface area contributed by atoms with Crippen molar-refractivity contribution in [2.45, 2.75) is 104 Å². The summed E-state index contributed by atoms with van der Waals surface area (Å²) in [5, 5.41) is 22.1. The van der Waals surface area contributed by atoms with Gasteiger partial charge in [-0.05, 0) is 67.9 Å². The Morgan fingerprint density at radius 1 is 0.909 bits per heavy atom. The molecule has 2 aliphatic rings. The van der Waals surface area contributed by atoms with Crippen LogP contribution in [-0.4, -0.2) is 60.9 Å². The monoisotopic (exact) mass is 624 g/mol. The zero-order chi connectivity index (χ0) is 32.5. The lowest BCUT2D eigenvalue weighted by Gasteiger charge is -2.24. The van der Waals surface area contributed by atoms with E-state index in [2.05, 4.69) is 32.9 Å². The van der Waals surface area contributed by atoms with Gasteiger partial charge in [0.1, 0.15) is 0 Å². The normalized spacial score (nSPS) is 20.8. The first-order chi connectivity index (χ1) is 20.7. The van der Waals surface area contributed by atoms with Crippen LogP contribution in [-0.2, 0) is 51.3 Å². The van der Waals surface area contributed by atoms with E-state index in [-0.39, 0.29) is 47.8 Å². The molecule has 0 spiro atoms. The van der Waals surface area contributed by atoms with Crippen molar-refractivity contribution in [2.24, 2.45) is 16.8 Å². The van der Waals surface area contributed by atoms with Gasteiger partial charge in [0, 0.05) is 83.6 Å². The van der Waals surface area contributed by atoms with Gasteiger partial charge in [-0.2, -0.15) is 12.6 Å². The summed E-state index contributed by atoms with van der Waals surface area (Å²) < 4.78 is 0. The van der Waals surface area contributed by atoms with Gasteiger partial charge >= 0.3 is 11.9 Å². The van der Waals surface area contributed by atoms with Gasteiger partial charge in [-0.15, -0.1) is 0 Å². The smallest absolute Gasteiger partial charge is 0.303 e. The van der Waals surface area contributed by atoms with Gasteiger partial charge in [0.25, 0.3) is 5.91 Å². The van der Waals surface area contributed by atoms with E-state index < -0.39 is 11.9 Å². The van der Waals surface area contributed by atoms with Crippen molar-refractivity contribution in [3.63, 3.8) is 0 Å². The number of rotatable bonds is 14. The predicted molar refractivity (Wildman–Crippen MR) is 172 cm³/mol. The highest BCUT2D eigenvalue weighted by Crippen LogP contribution is 2.34. The molecule has 4 atom stereocenters. The summed E-state index contributed by atoms with van der Waals surface area (Å²) in [6.45, 7) is 11.7. The molecular weight excluding hydrogens is 580 g/mol. The van der Waals surface area contributed by atoms with Crippen LogP contribution in [0.2, 0.25) is 0 Å². The maximum atomic E-state index is 12.5. The molecule has 2 aromatic heterocycles. The molecule has 0 radical (unpaired) electrons. The third kappa shape index (κ3) is 6.87. The lowest BCUT2D eigenvalue weighted by Crippen LogP contribution is -2.34. The summed E-state index contributed by atoms with van der Waals surface area (Å²) in [6, 6.07) is -0.104. The number of aliphatic imine (C=N–C) groups is 1. The van der Waals surface area contributed by atoms with Crippen molar-refractivity contribution in [3.05, 3.63) is 56.2 Å². The van der Waals surface area contributed by atoms with E-state index in [1.807, 2.05) is 41.5 Å². The van der Waals surface area contributed by atoms with Gasteiger partial charge in [0.05, 0.1) is 5.71 Å².